The van der Waals surface area contributed by atoms with Crippen LogP contribution in [0.25, 0.3) is 10.9 Å². The maximum absolute atomic E-state index is 15.1. The predicted octanol–water partition coefficient (Wildman–Crippen LogP) is 4.62. The lowest BCUT2D eigenvalue weighted by atomic mass is 9.99. The van der Waals surface area contributed by atoms with Crippen LogP contribution in [0.2, 0.25) is 0 Å². The molecule has 1 aromatic heterocycles. The van der Waals surface area contributed by atoms with Crippen LogP contribution in [0.15, 0.2) is 63.2 Å². The zero-order chi connectivity index (χ0) is 22.2. The van der Waals surface area contributed by atoms with Crippen molar-refractivity contribution >= 4 is 26.4 Å². The normalized spacial score (nSPS) is 17.3. The Hall–Kier alpha value is -2.67. The predicted molar refractivity (Wildman–Crippen MR) is 121 cm³/mol. The number of sulfone groups is 1. The summed E-state index contributed by atoms with van der Waals surface area (Å²) >= 11 is 0. The smallest absolute Gasteiger partial charge is 0.211 e. The van der Waals surface area contributed by atoms with E-state index in [1.165, 1.54) is 24.4 Å². The Morgan fingerprint density at radius 3 is 2.58 bits per heavy atom. The van der Waals surface area contributed by atoms with Gasteiger partial charge >= 0.3 is 0 Å². The molecular formula is C24H27FN2O3S. The maximum Gasteiger partial charge on any atom is 0.211 e. The SMILES string of the molecule is CCCn1cc(S(=O)(=O)c2ccccc2)c(=O)c2cc(F)c(N3CCC[C@@H](C)C3)cc21. The molecule has 1 saturated heterocycles. The number of hydrogen-bond donors (Lipinski definition) is 0. The van der Waals surface area contributed by atoms with E-state index in [2.05, 4.69) is 6.92 Å². The molecule has 0 amide bonds. The molecule has 1 fully saturated rings. The first kappa shape index (κ1) is 21.6. The topological polar surface area (TPSA) is 59.4 Å². The van der Waals surface area contributed by atoms with Crippen molar-refractivity contribution in [2.75, 3.05) is 18.0 Å². The number of hydrogen-bond acceptors (Lipinski definition) is 4. The molecule has 1 aliphatic rings. The quantitative estimate of drug-likeness (QED) is 0.579. The number of fused-ring (bicyclic) bond motifs is 1. The molecule has 0 bridgehead atoms. The summed E-state index contributed by atoms with van der Waals surface area (Å²) in [4.78, 5) is 15.0. The third kappa shape index (κ3) is 3.99. The van der Waals surface area contributed by atoms with Crippen LogP contribution < -0.4 is 10.3 Å². The monoisotopic (exact) mass is 442 g/mol. The summed E-state index contributed by atoms with van der Waals surface area (Å²) in [5.74, 6) is -0.0175. The molecular weight excluding hydrogens is 415 g/mol. The number of benzene rings is 2. The number of anilines is 1. The van der Waals surface area contributed by atoms with Gasteiger partial charge in [0.15, 0.2) is 0 Å². The average molecular weight is 443 g/mol. The molecule has 2 heterocycles. The average Bonchev–Trinajstić information content (AvgIpc) is 2.76. The van der Waals surface area contributed by atoms with Gasteiger partial charge in [0.2, 0.25) is 15.3 Å². The molecule has 1 aliphatic heterocycles. The second kappa shape index (κ2) is 8.46. The van der Waals surface area contributed by atoms with Crippen LogP contribution in [0.4, 0.5) is 10.1 Å². The van der Waals surface area contributed by atoms with Crippen LogP contribution in [0, 0.1) is 11.7 Å². The number of nitrogens with zero attached hydrogens (tertiary/aromatic N) is 2. The second-order valence-electron chi connectivity index (χ2n) is 8.35. The van der Waals surface area contributed by atoms with Crippen molar-refractivity contribution in [3.63, 3.8) is 0 Å². The van der Waals surface area contributed by atoms with E-state index >= 15 is 4.39 Å². The van der Waals surface area contributed by atoms with Gasteiger partial charge in [-0.25, -0.2) is 12.8 Å². The zero-order valence-corrected chi connectivity index (χ0v) is 18.7. The summed E-state index contributed by atoms with van der Waals surface area (Å²) in [6.07, 6.45) is 4.27. The molecule has 2 aromatic carbocycles. The van der Waals surface area contributed by atoms with Crippen molar-refractivity contribution in [3.05, 3.63) is 64.7 Å². The van der Waals surface area contributed by atoms with E-state index in [1.807, 2.05) is 11.8 Å². The minimum atomic E-state index is -4.02. The second-order valence-corrected chi connectivity index (χ2v) is 10.3. The highest BCUT2D eigenvalue weighted by Crippen LogP contribution is 2.30. The van der Waals surface area contributed by atoms with Gasteiger partial charge < -0.3 is 9.47 Å². The Balaban J connectivity index is 1.93. The van der Waals surface area contributed by atoms with Crippen LogP contribution in [-0.4, -0.2) is 26.1 Å². The number of aromatic nitrogens is 1. The Bertz CT molecular complexity index is 1270. The summed E-state index contributed by atoms with van der Waals surface area (Å²) in [5, 5.41) is 0.0942. The molecule has 1 atom stereocenters. The third-order valence-corrected chi connectivity index (χ3v) is 7.68. The lowest BCUT2D eigenvalue weighted by Crippen LogP contribution is -2.35. The highest BCUT2D eigenvalue weighted by molar-refractivity contribution is 7.91. The van der Waals surface area contributed by atoms with Gasteiger partial charge in [-0.1, -0.05) is 32.0 Å². The lowest BCUT2D eigenvalue weighted by Gasteiger charge is -2.33. The molecule has 0 aliphatic carbocycles. The van der Waals surface area contributed by atoms with Gasteiger partial charge in [-0.3, -0.25) is 4.79 Å². The highest BCUT2D eigenvalue weighted by Gasteiger charge is 2.26. The van der Waals surface area contributed by atoms with E-state index in [-0.39, 0.29) is 15.2 Å². The third-order valence-electron chi connectivity index (χ3n) is 5.92. The van der Waals surface area contributed by atoms with Crippen LogP contribution in [0.1, 0.15) is 33.1 Å². The van der Waals surface area contributed by atoms with Crippen molar-refractivity contribution in [3.8, 4) is 0 Å². The first-order valence-corrected chi connectivity index (χ1v) is 12.2. The molecule has 0 N–H and O–H groups in total. The van der Waals surface area contributed by atoms with E-state index in [1.54, 1.807) is 28.8 Å². The van der Waals surface area contributed by atoms with Crippen molar-refractivity contribution in [2.45, 2.75) is 49.4 Å². The van der Waals surface area contributed by atoms with Gasteiger partial charge in [0.05, 0.1) is 21.5 Å². The van der Waals surface area contributed by atoms with E-state index < -0.39 is 21.1 Å². The molecule has 0 spiro atoms. The molecule has 4 rings (SSSR count). The molecule has 0 unspecified atom stereocenters. The number of piperidine rings is 1. The first-order valence-electron chi connectivity index (χ1n) is 10.7. The molecule has 31 heavy (non-hydrogen) atoms. The number of halogens is 1. The maximum atomic E-state index is 15.1. The summed E-state index contributed by atoms with van der Waals surface area (Å²) in [6, 6.07) is 10.8. The van der Waals surface area contributed by atoms with Crippen LogP contribution in [0.5, 0.6) is 0 Å². The number of pyridine rings is 1. The Kier molecular flexibility index (Phi) is 5.88. The first-order chi connectivity index (χ1) is 14.8. The lowest BCUT2D eigenvalue weighted by molar-refractivity contribution is 0.442. The van der Waals surface area contributed by atoms with Gasteiger partial charge in [-0.2, -0.15) is 0 Å². The largest absolute Gasteiger partial charge is 0.369 e. The van der Waals surface area contributed by atoms with Crippen molar-refractivity contribution in [2.24, 2.45) is 5.92 Å². The molecule has 7 heteroatoms. The number of aryl methyl sites for hydroxylation is 1. The Labute approximate surface area is 182 Å². The Morgan fingerprint density at radius 1 is 1.16 bits per heavy atom. The van der Waals surface area contributed by atoms with E-state index in [4.69, 9.17) is 0 Å². The fourth-order valence-corrected chi connectivity index (χ4v) is 5.76. The van der Waals surface area contributed by atoms with Crippen molar-refractivity contribution in [1.29, 1.82) is 0 Å². The molecule has 3 aromatic rings. The minimum Gasteiger partial charge on any atom is -0.369 e. The molecule has 164 valence electrons. The Morgan fingerprint density at radius 2 is 1.90 bits per heavy atom. The fraction of sp³-hybridized carbons (Fsp3) is 0.375. The summed E-state index contributed by atoms with van der Waals surface area (Å²) in [7, 11) is -4.02. The summed E-state index contributed by atoms with van der Waals surface area (Å²) in [6.45, 7) is 6.19. The summed E-state index contributed by atoms with van der Waals surface area (Å²) in [5.41, 5.74) is 0.374. The van der Waals surface area contributed by atoms with Gasteiger partial charge in [-0.05, 0) is 49.4 Å². The van der Waals surface area contributed by atoms with E-state index in [0.717, 1.165) is 32.4 Å². The van der Waals surface area contributed by atoms with Crippen LogP contribution in [0.3, 0.4) is 0 Å². The van der Waals surface area contributed by atoms with Gasteiger partial charge in [0.1, 0.15) is 10.7 Å². The molecule has 5 nitrogen and oxygen atoms in total. The van der Waals surface area contributed by atoms with E-state index in [0.29, 0.717) is 23.7 Å². The standard InChI is InChI=1S/C24H27FN2O3S/c1-3-11-26-16-23(31(29,30)18-9-5-4-6-10-18)24(28)19-13-20(25)22(14-21(19)26)27-12-7-8-17(2)15-27/h4-6,9-10,13-14,16-17H,3,7-8,11-12,15H2,1-2H3/t17-/m1/s1. The van der Waals surface area contributed by atoms with Crippen LogP contribution >= 0.6 is 0 Å². The summed E-state index contributed by atoms with van der Waals surface area (Å²) < 4.78 is 43.3. The van der Waals surface area contributed by atoms with Crippen LogP contribution in [-0.2, 0) is 16.4 Å². The van der Waals surface area contributed by atoms with Gasteiger partial charge in [0, 0.05) is 25.8 Å². The molecule has 0 saturated carbocycles. The highest BCUT2D eigenvalue weighted by atomic mass is 32.2. The van der Waals surface area contributed by atoms with Crippen molar-refractivity contribution < 1.29 is 12.8 Å². The van der Waals surface area contributed by atoms with E-state index in [9.17, 15) is 13.2 Å². The molecule has 0 radical (unpaired) electrons. The van der Waals surface area contributed by atoms with Crippen molar-refractivity contribution in [1.82, 2.24) is 4.57 Å². The fourth-order valence-electron chi connectivity index (χ4n) is 4.37. The van der Waals surface area contributed by atoms with Gasteiger partial charge in [0.25, 0.3) is 0 Å². The van der Waals surface area contributed by atoms with Gasteiger partial charge in [-0.15, -0.1) is 0 Å². The zero-order valence-electron chi connectivity index (χ0n) is 17.8. The number of rotatable bonds is 5. The minimum absolute atomic E-state index is 0.0499.